The number of rotatable bonds is 3. The Labute approximate surface area is 167 Å². The molecular weight excluding hydrogens is 400 g/mol. The van der Waals surface area contributed by atoms with Crippen LogP contribution in [0.1, 0.15) is 17.2 Å². The van der Waals surface area contributed by atoms with Gasteiger partial charge in [-0.2, -0.15) is 16.1 Å². The maximum atomic E-state index is 14.1. The smallest absolute Gasteiger partial charge is 0.207 e. The van der Waals surface area contributed by atoms with Gasteiger partial charge < -0.3 is 0 Å². The van der Waals surface area contributed by atoms with E-state index < -0.39 is 21.7 Å². The summed E-state index contributed by atoms with van der Waals surface area (Å²) in [5.74, 6) is -0.417. The third-order valence-electron chi connectivity index (χ3n) is 4.96. The highest BCUT2D eigenvalue weighted by molar-refractivity contribution is 7.99. The monoisotopic (exact) mass is 419 g/mol. The SMILES string of the molecule is O=S(=O)(c1ccc2ccccc2c1)N1CCSC(c2cc(F)ccc2F)CC1. The molecule has 1 aliphatic rings. The average molecular weight is 420 g/mol. The van der Waals surface area contributed by atoms with Crippen LogP contribution in [0, 0.1) is 11.6 Å². The van der Waals surface area contributed by atoms with Gasteiger partial charge in [-0.3, -0.25) is 0 Å². The minimum atomic E-state index is -3.65. The van der Waals surface area contributed by atoms with Crippen LogP contribution in [0.3, 0.4) is 0 Å². The highest BCUT2D eigenvalue weighted by Gasteiger charge is 2.29. The zero-order valence-corrected chi connectivity index (χ0v) is 16.6. The molecule has 7 heteroatoms. The lowest BCUT2D eigenvalue weighted by Crippen LogP contribution is -2.33. The van der Waals surface area contributed by atoms with Gasteiger partial charge in [0, 0.05) is 29.7 Å². The normalized spacial score (nSPS) is 18.9. The van der Waals surface area contributed by atoms with Crippen molar-refractivity contribution in [2.45, 2.75) is 16.6 Å². The lowest BCUT2D eigenvalue weighted by Gasteiger charge is -2.20. The van der Waals surface area contributed by atoms with Gasteiger partial charge in [0.1, 0.15) is 11.6 Å². The van der Waals surface area contributed by atoms with Gasteiger partial charge in [0.15, 0.2) is 0 Å². The zero-order chi connectivity index (χ0) is 19.7. The molecule has 0 aliphatic carbocycles. The van der Waals surface area contributed by atoms with E-state index in [1.165, 1.54) is 22.1 Å². The minimum Gasteiger partial charge on any atom is -0.207 e. The third kappa shape index (κ3) is 3.79. The zero-order valence-electron chi connectivity index (χ0n) is 15.0. The van der Waals surface area contributed by atoms with E-state index in [0.717, 1.165) is 22.9 Å². The summed E-state index contributed by atoms with van der Waals surface area (Å²) < 4.78 is 55.4. The first kappa shape index (κ1) is 19.4. The Morgan fingerprint density at radius 3 is 2.54 bits per heavy atom. The second kappa shape index (κ2) is 7.81. The molecule has 3 aromatic carbocycles. The van der Waals surface area contributed by atoms with Crippen molar-refractivity contribution in [1.29, 1.82) is 0 Å². The molecular formula is C21H19F2NO2S2. The van der Waals surface area contributed by atoms with Crippen LogP contribution in [-0.4, -0.2) is 31.6 Å². The summed E-state index contributed by atoms with van der Waals surface area (Å²) in [6.07, 6.45) is 0.428. The molecule has 28 heavy (non-hydrogen) atoms. The van der Waals surface area contributed by atoms with Crippen molar-refractivity contribution in [2.24, 2.45) is 0 Å². The lowest BCUT2D eigenvalue weighted by molar-refractivity contribution is 0.426. The third-order valence-corrected chi connectivity index (χ3v) is 8.17. The molecule has 0 amide bonds. The predicted octanol–water partition coefficient (Wildman–Crippen LogP) is 4.99. The van der Waals surface area contributed by atoms with Gasteiger partial charge >= 0.3 is 0 Å². The van der Waals surface area contributed by atoms with Crippen LogP contribution in [0.2, 0.25) is 0 Å². The van der Waals surface area contributed by atoms with Crippen molar-refractivity contribution in [3.8, 4) is 0 Å². The Morgan fingerprint density at radius 1 is 0.929 bits per heavy atom. The van der Waals surface area contributed by atoms with Crippen molar-refractivity contribution in [2.75, 3.05) is 18.8 Å². The fourth-order valence-corrected chi connectivity index (χ4v) is 6.33. The summed E-state index contributed by atoms with van der Waals surface area (Å²) >= 11 is 1.46. The van der Waals surface area contributed by atoms with Crippen LogP contribution in [0.5, 0.6) is 0 Å². The van der Waals surface area contributed by atoms with Crippen molar-refractivity contribution in [3.05, 3.63) is 77.9 Å². The standard InChI is InChI=1S/C21H19F2NO2S2/c22-17-6-8-20(23)19(14-17)21-9-10-24(11-12-27-21)28(25,26)18-7-5-15-3-1-2-4-16(15)13-18/h1-8,13-14,21H,9-12H2. The molecule has 0 N–H and O–H groups in total. The Hall–Kier alpha value is -1.96. The van der Waals surface area contributed by atoms with E-state index in [0.29, 0.717) is 24.3 Å². The number of benzene rings is 3. The number of fused-ring (bicyclic) bond motifs is 1. The molecule has 0 bridgehead atoms. The van der Waals surface area contributed by atoms with Crippen molar-refractivity contribution < 1.29 is 17.2 Å². The number of hydrogen-bond donors (Lipinski definition) is 0. The number of nitrogens with zero attached hydrogens (tertiary/aromatic N) is 1. The lowest BCUT2D eigenvalue weighted by atomic mass is 10.1. The van der Waals surface area contributed by atoms with E-state index in [9.17, 15) is 17.2 Å². The largest absolute Gasteiger partial charge is 0.243 e. The highest BCUT2D eigenvalue weighted by atomic mass is 32.2. The van der Waals surface area contributed by atoms with Crippen molar-refractivity contribution >= 4 is 32.6 Å². The first-order valence-electron chi connectivity index (χ1n) is 9.01. The van der Waals surface area contributed by atoms with Gasteiger partial charge in [-0.1, -0.05) is 30.3 Å². The summed E-state index contributed by atoms with van der Waals surface area (Å²) in [4.78, 5) is 0.256. The van der Waals surface area contributed by atoms with E-state index in [1.54, 1.807) is 18.2 Å². The topological polar surface area (TPSA) is 37.4 Å². The highest BCUT2D eigenvalue weighted by Crippen LogP contribution is 2.37. The van der Waals surface area contributed by atoms with Gasteiger partial charge in [0.2, 0.25) is 10.0 Å². The molecule has 4 rings (SSSR count). The average Bonchev–Trinajstić information content (AvgIpc) is 2.96. The molecule has 0 radical (unpaired) electrons. The maximum Gasteiger partial charge on any atom is 0.243 e. The molecule has 0 saturated carbocycles. The minimum absolute atomic E-state index is 0.256. The summed E-state index contributed by atoms with van der Waals surface area (Å²) in [5.41, 5.74) is 0.301. The molecule has 1 saturated heterocycles. The van der Waals surface area contributed by atoms with Crippen LogP contribution in [-0.2, 0) is 10.0 Å². The van der Waals surface area contributed by atoms with E-state index in [-0.39, 0.29) is 16.7 Å². The Kier molecular flexibility index (Phi) is 5.40. The molecule has 3 aromatic rings. The molecule has 1 aliphatic heterocycles. The van der Waals surface area contributed by atoms with Crippen LogP contribution in [0.25, 0.3) is 10.8 Å². The van der Waals surface area contributed by atoms with E-state index >= 15 is 0 Å². The molecule has 1 heterocycles. The second-order valence-corrected chi connectivity index (χ2v) is 9.98. The molecule has 0 spiro atoms. The van der Waals surface area contributed by atoms with Crippen molar-refractivity contribution in [1.82, 2.24) is 4.31 Å². The summed E-state index contributed by atoms with van der Waals surface area (Å²) in [7, 11) is -3.65. The second-order valence-electron chi connectivity index (χ2n) is 6.73. The fourth-order valence-electron chi connectivity index (χ4n) is 3.48. The molecule has 0 aromatic heterocycles. The molecule has 1 atom stereocenters. The molecule has 146 valence electrons. The Morgan fingerprint density at radius 2 is 1.71 bits per heavy atom. The number of thioether (sulfide) groups is 1. The van der Waals surface area contributed by atoms with Crippen LogP contribution in [0.4, 0.5) is 8.78 Å². The summed E-state index contributed by atoms with van der Waals surface area (Å²) in [5, 5.41) is 1.58. The van der Waals surface area contributed by atoms with Crippen LogP contribution in [0.15, 0.2) is 65.6 Å². The summed E-state index contributed by atoms with van der Waals surface area (Å²) in [6, 6.07) is 16.2. The van der Waals surface area contributed by atoms with Gasteiger partial charge in [-0.25, -0.2) is 17.2 Å². The van der Waals surface area contributed by atoms with E-state index in [2.05, 4.69) is 0 Å². The molecule has 1 unspecified atom stereocenters. The van der Waals surface area contributed by atoms with Gasteiger partial charge in [0.25, 0.3) is 0 Å². The van der Waals surface area contributed by atoms with E-state index in [4.69, 9.17) is 0 Å². The van der Waals surface area contributed by atoms with E-state index in [1.807, 2.05) is 24.3 Å². The number of hydrogen-bond acceptors (Lipinski definition) is 3. The first-order chi connectivity index (χ1) is 13.4. The Balaban J connectivity index is 1.58. The van der Waals surface area contributed by atoms with Crippen molar-refractivity contribution in [3.63, 3.8) is 0 Å². The van der Waals surface area contributed by atoms with Gasteiger partial charge in [-0.05, 0) is 47.5 Å². The number of sulfonamides is 1. The number of halogens is 2. The van der Waals surface area contributed by atoms with Crippen LogP contribution < -0.4 is 0 Å². The predicted molar refractivity (Wildman–Crippen MR) is 109 cm³/mol. The quantitative estimate of drug-likeness (QED) is 0.600. The first-order valence-corrected chi connectivity index (χ1v) is 11.5. The van der Waals surface area contributed by atoms with Gasteiger partial charge in [0.05, 0.1) is 4.90 Å². The molecule has 1 fully saturated rings. The van der Waals surface area contributed by atoms with Crippen LogP contribution >= 0.6 is 11.8 Å². The molecule has 3 nitrogen and oxygen atoms in total. The maximum absolute atomic E-state index is 14.1. The fraction of sp³-hybridized carbons (Fsp3) is 0.238. The Bertz CT molecular complexity index is 1120. The van der Waals surface area contributed by atoms with Gasteiger partial charge in [-0.15, -0.1) is 0 Å². The summed E-state index contributed by atoms with van der Waals surface area (Å²) in [6.45, 7) is 0.607.